The molecule has 3 rings (SSSR count). The Labute approximate surface area is 146 Å². The molecule has 0 bridgehead atoms. The van der Waals surface area contributed by atoms with Gasteiger partial charge in [0.05, 0.1) is 21.8 Å². The summed E-state index contributed by atoms with van der Waals surface area (Å²) in [6.07, 6.45) is 0. The SMILES string of the molecule is Cc1nc2ccc(NCC(=O)Nc3cccc(I)c3)cc2s1. The van der Waals surface area contributed by atoms with Crippen LogP contribution < -0.4 is 10.6 Å². The molecule has 6 heteroatoms. The molecule has 0 aliphatic carbocycles. The van der Waals surface area contributed by atoms with E-state index in [0.717, 1.165) is 30.2 Å². The third-order valence-corrected chi connectivity index (χ3v) is 4.66. The summed E-state index contributed by atoms with van der Waals surface area (Å²) >= 11 is 3.87. The van der Waals surface area contributed by atoms with Gasteiger partial charge >= 0.3 is 0 Å². The highest BCUT2D eigenvalue weighted by Gasteiger charge is 2.05. The molecule has 22 heavy (non-hydrogen) atoms. The molecular formula is C16H14IN3OS. The van der Waals surface area contributed by atoms with E-state index >= 15 is 0 Å². The molecule has 0 aliphatic rings. The molecule has 3 aromatic rings. The third-order valence-electron chi connectivity index (χ3n) is 3.06. The van der Waals surface area contributed by atoms with Gasteiger partial charge in [-0.1, -0.05) is 6.07 Å². The van der Waals surface area contributed by atoms with Gasteiger partial charge in [-0.2, -0.15) is 0 Å². The van der Waals surface area contributed by atoms with Gasteiger partial charge in [-0.25, -0.2) is 4.98 Å². The number of nitrogens with one attached hydrogen (secondary N) is 2. The summed E-state index contributed by atoms with van der Waals surface area (Å²) in [5, 5.41) is 7.07. The number of rotatable bonds is 4. The Kier molecular flexibility index (Phi) is 4.58. The average molecular weight is 423 g/mol. The highest BCUT2D eigenvalue weighted by Crippen LogP contribution is 2.24. The smallest absolute Gasteiger partial charge is 0.243 e. The van der Waals surface area contributed by atoms with E-state index in [4.69, 9.17) is 0 Å². The molecule has 2 aromatic carbocycles. The van der Waals surface area contributed by atoms with Crippen molar-refractivity contribution in [1.29, 1.82) is 0 Å². The fourth-order valence-electron chi connectivity index (χ4n) is 2.10. The average Bonchev–Trinajstić information content (AvgIpc) is 2.84. The maximum Gasteiger partial charge on any atom is 0.243 e. The molecule has 0 fully saturated rings. The second-order valence-corrected chi connectivity index (χ2v) is 7.31. The lowest BCUT2D eigenvalue weighted by molar-refractivity contribution is -0.114. The van der Waals surface area contributed by atoms with Crippen LogP contribution in [0.1, 0.15) is 5.01 Å². The van der Waals surface area contributed by atoms with E-state index in [1.807, 2.05) is 49.4 Å². The predicted molar refractivity (Wildman–Crippen MR) is 101 cm³/mol. The molecular weight excluding hydrogens is 409 g/mol. The zero-order valence-corrected chi connectivity index (χ0v) is 14.9. The lowest BCUT2D eigenvalue weighted by Gasteiger charge is -2.08. The van der Waals surface area contributed by atoms with Crippen LogP contribution in [0.3, 0.4) is 0 Å². The fraction of sp³-hybridized carbons (Fsp3) is 0.125. The van der Waals surface area contributed by atoms with Gasteiger partial charge in [-0.15, -0.1) is 11.3 Å². The lowest BCUT2D eigenvalue weighted by atomic mass is 10.3. The summed E-state index contributed by atoms with van der Waals surface area (Å²) in [6, 6.07) is 13.7. The number of aryl methyl sites for hydroxylation is 1. The van der Waals surface area contributed by atoms with Crippen molar-refractivity contribution in [2.45, 2.75) is 6.92 Å². The molecule has 1 amide bonds. The molecule has 2 N–H and O–H groups in total. The van der Waals surface area contributed by atoms with Crippen molar-refractivity contribution in [3.05, 3.63) is 51.0 Å². The molecule has 0 saturated carbocycles. The lowest BCUT2D eigenvalue weighted by Crippen LogP contribution is -2.21. The Morgan fingerprint density at radius 2 is 2.09 bits per heavy atom. The van der Waals surface area contributed by atoms with Crippen LogP contribution >= 0.6 is 33.9 Å². The summed E-state index contributed by atoms with van der Waals surface area (Å²) in [4.78, 5) is 16.4. The quantitative estimate of drug-likeness (QED) is 0.617. The van der Waals surface area contributed by atoms with Crippen molar-refractivity contribution >= 4 is 61.4 Å². The molecule has 0 radical (unpaired) electrons. The summed E-state index contributed by atoms with van der Waals surface area (Å²) in [7, 11) is 0. The van der Waals surface area contributed by atoms with Crippen LogP contribution in [0.5, 0.6) is 0 Å². The Morgan fingerprint density at radius 1 is 1.23 bits per heavy atom. The van der Waals surface area contributed by atoms with Gasteiger partial charge in [0.1, 0.15) is 0 Å². The first-order valence-corrected chi connectivity index (χ1v) is 8.66. The van der Waals surface area contributed by atoms with Crippen molar-refractivity contribution < 1.29 is 4.79 Å². The van der Waals surface area contributed by atoms with E-state index in [-0.39, 0.29) is 12.5 Å². The second-order valence-electron chi connectivity index (χ2n) is 4.83. The van der Waals surface area contributed by atoms with Gasteiger partial charge < -0.3 is 10.6 Å². The number of carbonyl (C=O) groups is 1. The first-order valence-electron chi connectivity index (χ1n) is 6.77. The maximum absolute atomic E-state index is 12.0. The molecule has 4 nitrogen and oxygen atoms in total. The van der Waals surface area contributed by atoms with Gasteiger partial charge in [-0.05, 0) is 65.9 Å². The van der Waals surface area contributed by atoms with Crippen LogP contribution in [-0.2, 0) is 4.79 Å². The standard InChI is InChI=1S/C16H14IN3OS/c1-10-19-14-6-5-12(8-15(14)22-10)18-9-16(21)20-13-4-2-3-11(17)7-13/h2-8,18H,9H2,1H3,(H,20,21). The number of anilines is 2. The Morgan fingerprint density at radius 3 is 2.91 bits per heavy atom. The number of aromatic nitrogens is 1. The third kappa shape index (κ3) is 3.75. The zero-order valence-electron chi connectivity index (χ0n) is 11.9. The molecule has 0 atom stereocenters. The van der Waals surface area contributed by atoms with Gasteiger partial charge in [0.2, 0.25) is 5.91 Å². The predicted octanol–water partition coefficient (Wildman–Crippen LogP) is 4.26. The molecule has 112 valence electrons. The minimum Gasteiger partial charge on any atom is -0.376 e. The monoisotopic (exact) mass is 423 g/mol. The number of halogens is 1. The number of hydrogen-bond acceptors (Lipinski definition) is 4. The van der Waals surface area contributed by atoms with Gasteiger partial charge in [0, 0.05) is 14.9 Å². The topological polar surface area (TPSA) is 54.0 Å². The van der Waals surface area contributed by atoms with Crippen molar-refractivity contribution in [3.63, 3.8) is 0 Å². The zero-order chi connectivity index (χ0) is 15.5. The van der Waals surface area contributed by atoms with Gasteiger partial charge in [-0.3, -0.25) is 4.79 Å². The molecule has 0 unspecified atom stereocenters. The number of thiazole rings is 1. The highest BCUT2D eigenvalue weighted by molar-refractivity contribution is 14.1. The van der Waals surface area contributed by atoms with Crippen molar-refractivity contribution in [2.24, 2.45) is 0 Å². The van der Waals surface area contributed by atoms with Crippen molar-refractivity contribution in [1.82, 2.24) is 4.98 Å². The summed E-state index contributed by atoms with van der Waals surface area (Å²) in [5.41, 5.74) is 2.73. The fourth-order valence-corrected chi connectivity index (χ4v) is 3.51. The Balaban J connectivity index is 1.62. The Bertz CT molecular complexity index is 831. The van der Waals surface area contributed by atoms with E-state index in [1.165, 1.54) is 0 Å². The first-order chi connectivity index (χ1) is 10.6. The molecule has 0 saturated heterocycles. The second kappa shape index (κ2) is 6.62. The van der Waals surface area contributed by atoms with Gasteiger partial charge in [0.15, 0.2) is 0 Å². The van der Waals surface area contributed by atoms with Crippen molar-refractivity contribution in [3.8, 4) is 0 Å². The van der Waals surface area contributed by atoms with Crippen LogP contribution in [0.4, 0.5) is 11.4 Å². The molecule has 0 spiro atoms. The first kappa shape index (κ1) is 15.2. The Hall–Kier alpha value is -1.67. The van der Waals surface area contributed by atoms with Gasteiger partial charge in [0.25, 0.3) is 0 Å². The van der Waals surface area contributed by atoms with Crippen LogP contribution in [0.15, 0.2) is 42.5 Å². The maximum atomic E-state index is 12.0. The molecule has 0 aliphatic heterocycles. The number of nitrogens with zero attached hydrogens (tertiary/aromatic N) is 1. The molecule has 1 heterocycles. The minimum atomic E-state index is -0.0671. The van der Waals surface area contributed by atoms with Crippen LogP contribution in [-0.4, -0.2) is 17.4 Å². The number of amides is 1. The van der Waals surface area contributed by atoms with E-state index in [9.17, 15) is 4.79 Å². The van der Waals surface area contributed by atoms with Crippen LogP contribution in [0, 0.1) is 10.5 Å². The summed E-state index contributed by atoms with van der Waals surface area (Å²) in [6.45, 7) is 2.22. The summed E-state index contributed by atoms with van der Waals surface area (Å²) < 4.78 is 2.22. The van der Waals surface area contributed by atoms with Crippen molar-refractivity contribution in [2.75, 3.05) is 17.2 Å². The highest BCUT2D eigenvalue weighted by atomic mass is 127. The van der Waals surface area contributed by atoms with Crippen LogP contribution in [0.2, 0.25) is 0 Å². The largest absolute Gasteiger partial charge is 0.376 e. The number of hydrogen-bond donors (Lipinski definition) is 2. The minimum absolute atomic E-state index is 0.0671. The summed E-state index contributed by atoms with van der Waals surface area (Å²) in [5.74, 6) is -0.0671. The number of fused-ring (bicyclic) bond motifs is 1. The van der Waals surface area contributed by atoms with Crippen LogP contribution in [0.25, 0.3) is 10.2 Å². The number of benzene rings is 2. The van der Waals surface area contributed by atoms with E-state index in [0.29, 0.717) is 0 Å². The van der Waals surface area contributed by atoms with E-state index in [2.05, 4.69) is 38.2 Å². The van der Waals surface area contributed by atoms with E-state index in [1.54, 1.807) is 11.3 Å². The molecule has 1 aromatic heterocycles. The number of carbonyl (C=O) groups excluding carboxylic acids is 1. The normalized spacial score (nSPS) is 10.6. The van der Waals surface area contributed by atoms with E-state index < -0.39 is 0 Å².